The Kier molecular flexibility index (Phi) is 42.4. The van der Waals surface area contributed by atoms with Gasteiger partial charge < -0.3 is 25.6 Å². The number of aliphatic hydroxyl groups is 1. The zero-order valence-electron chi connectivity index (χ0n) is 38.0. The van der Waals surface area contributed by atoms with Crippen LogP contribution in [0.4, 0.5) is 0 Å². The number of carbonyl (C=O) groups is 4. The van der Waals surface area contributed by atoms with Gasteiger partial charge in [-0.25, -0.2) is 4.79 Å². The van der Waals surface area contributed by atoms with Crippen LogP contribution in [0.25, 0.3) is 0 Å². The minimum Gasteiger partial charge on any atom is -0.480 e. The summed E-state index contributed by atoms with van der Waals surface area (Å²) in [5, 5.41) is 22.6. The van der Waals surface area contributed by atoms with Crippen molar-refractivity contribution in [2.75, 3.05) is 13.2 Å². The summed E-state index contributed by atoms with van der Waals surface area (Å²) in [4.78, 5) is 47.6. The molecule has 0 spiro atoms. The van der Waals surface area contributed by atoms with Gasteiger partial charge in [0.25, 0.3) is 0 Å². The van der Waals surface area contributed by atoms with Gasteiger partial charge in [-0.2, -0.15) is 0 Å². The lowest BCUT2D eigenvalue weighted by Crippen LogP contribution is -2.47. The van der Waals surface area contributed by atoms with Gasteiger partial charge in [0, 0.05) is 12.8 Å². The van der Waals surface area contributed by atoms with Crippen LogP contribution in [0, 0.1) is 0 Å². The van der Waals surface area contributed by atoms with Gasteiger partial charge in [-0.1, -0.05) is 179 Å². The number of carboxylic acid groups (broad SMARTS) is 1. The molecule has 0 fully saturated rings. The highest BCUT2D eigenvalue weighted by Crippen LogP contribution is 2.16. The van der Waals surface area contributed by atoms with Gasteiger partial charge in [0.2, 0.25) is 11.8 Å². The van der Waals surface area contributed by atoms with Crippen molar-refractivity contribution in [3.63, 3.8) is 0 Å². The van der Waals surface area contributed by atoms with E-state index in [4.69, 9.17) is 14.9 Å². The van der Waals surface area contributed by atoms with Crippen LogP contribution in [0.5, 0.6) is 0 Å². The molecule has 0 bridgehead atoms. The predicted octanol–water partition coefficient (Wildman–Crippen LogP) is 12.5. The van der Waals surface area contributed by atoms with Crippen LogP contribution in [0.2, 0.25) is 0 Å². The van der Waals surface area contributed by atoms with Crippen molar-refractivity contribution in [2.45, 2.75) is 244 Å². The summed E-state index contributed by atoms with van der Waals surface area (Å²) >= 11 is 0. The Balaban J connectivity index is 4.15. The van der Waals surface area contributed by atoms with E-state index in [0.717, 1.165) is 51.4 Å². The molecule has 0 aromatic heterocycles. The molecule has 0 saturated heterocycles. The predicted molar refractivity (Wildman–Crippen MR) is 245 cm³/mol. The average molecular weight is 831 g/mol. The molecule has 0 aliphatic carbocycles. The zero-order chi connectivity index (χ0) is 43.3. The van der Waals surface area contributed by atoms with Crippen molar-refractivity contribution in [3.8, 4) is 0 Å². The highest BCUT2D eigenvalue weighted by atomic mass is 16.5. The van der Waals surface area contributed by atoms with Gasteiger partial charge >= 0.3 is 11.9 Å². The van der Waals surface area contributed by atoms with E-state index in [9.17, 15) is 19.2 Å². The van der Waals surface area contributed by atoms with Crippen LogP contribution >= 0.6 is 0 Å². The van der Waals surface area contributed by atoms with Crippen molar-refractivity contribution in [2.24, 2.45) is 0 Å². The second kappa shape index (κ2) is 44.6. The van der Waals surface area contributed by atoms with Crippen molar-refractivity contribution >= 4 is 23.8 Å². The Morgan fingerprint density at radius 1 is 0.525 bits per heavy atom. The molecule has 0 saturated carbocycles. The Hall–Kier alpha value is -2.94. The van der Waals surface area contributed by atoms with E-state index in [1.165, 1.54) is 148 Å². The molecule has 59 heavy (non-hydrogen) atoms. The fraction of sp³-hybridized carbons (Fsp3) is 0.800. The monoisotopic (exact) mass is 831 g/mol. The topological polar surface area (TPSA) is 142 Å². The van der Waals surface area contributed by atoms with Crippen molar-refractivity contribution < 1.29 is 34.1 Å². The number of hydrogen-bond donors (Lipinski definition) is 4. The van der Waals surface area contributed by atoms with Crippen LogP contribution in [0.1, 0.15) is 232 Å². The van der Waals surface area contributed by atoms with Gasteiger partial charge in [-0.15, -0.1) is 0 Å². The molecule has 9 heteroatoms. The van der Waals surface area contributed by atoms with Gasteiger partial charge in [-0.05, 0) is 76.7 Å². The normalized spacial score (nSPS) is 12.7. The molecule has 4 N–H and O–H groups in total. The number of hydrogen-bond acceptors (Lipinski definition) is 6. The first-order chi connectivity index (χ1) is 28.8. The first kappa shape index (κ1) is 56.1. The summed E-state index contributed by atoms with van der Waals surface area (Å²) in [7, 11) is 0. The fourth-order valence-corrected chi connectivity index (χ4v) is 7.07. The van der Waals surface area contributed by atoms with Crippen LogP contribution in [0.15, 0.2) is 36.5 Å². The first-order valence-electron chi connectivity index (χ1n) is 24.4. The highest BCUT2D eigenvalue weighted by Gasteiger charge is 2.18. The number of aliphatic hydroxyl groups excluding tert-OH is 1. The molecule has 2 amide bonds. The molecule has 2 unspecified atom stereocenters. The Morgan fingerprint density at radius 3 is 1.47 bits per heavy atom. The van der Waals surface area contributed by atoms with E-state index in [1.807, 2.05) is 6.08 Å². The molecule has 0 aromatic carbocycles. The van der Waals surface area contributed by atoms with Crippen molar-refractivity contribution in [3.05, 3.63) is 36.5 Å². The molecule has 0 heterocycles. The second-order valence-corrected chi connectivity index (χ2v) is 16.5. The first-order valence-corrected chi connectivity index (χ1v) is 24.4. The molecule has 0 radical (unpaired) electrons. The van der Waals surface area contributed by atoms with E-state index >= 15 is 0 Å². The number of amides is 2. The molecular weight excluding hydrogens is 741 g/mol. The second-order valence-electron chi connectivity index (χ2n) is 16.5. The van der Waals surface area contributed by atoms with E-state index in [-0.39, 0.29) is 30.9 Å². The minimum absolute atomic E-state index is 0.125. The number of aliphatic carboxylic acids is 1. The number of rotatable bonds is 44. The maximum Gasteiger partial charge on any atom is 0.328 e. The van der Waals surface area contributed by atoms with E-state index in [2.05, 4.69) is 54.9 Å². The van der Waals surface area contributed by atoms with Gasteiger partial charge in [0.15, 0.2) is 0 Å². The third-order valence-electron chi connectivity index (χ3n) is 10.8. The summed E-state index contributed by atoms with van der Waals surface area (Å²) in [6, 6.07) is -1.39. The number of allylic oxidation sites excluding steroid dienone is 5. The van der Waals surface area contributed by atoms with Gasteiger partial charge in [-0.3, -0.25) is 14.4 Å². The van der Waals surface area contributed by atoms with E-state index < -0.39 is 24.5 Å². The highest BCUT2D eigenvalue weighted by molar-refractivity contribution is 5.87. The lowest BCUT2D eigenvalue weighted by Gasteiger charge is -2.15. The number of nitrogens with one attached hydrogen (secondary N) is 2. The standard InChI is InChI=1S/C50H90N2O7/c1-3-5-7-9-11-13-14-15-16-17-18-19-20-21-22-23-24-25-26-28-30-32-38-42-49(56)59-45(39-35-31-29-27-12-10-8-6-4-2)40-36-33-34-37-41-47(54)51-43-48(55)52-46(44-53)50(57)58/h17-18,27,29,35,39,45-46,53H,3-16,19-26,28,30-34,36-38,40-44H2,1-2H3,(H,51,54)(H,52,55)(H,57,58)/b18-17-,29-27-,39-35-. The van der Waals surface area contributed by atoms with Crippen LogP contribution in [-0.2, 0) is 23.9 Å². The summed E-state index contributed by atoms with van der Waals surface area (Å²) in [5.41, 5.74) is 0. The zero-order valence-corrected chi connectivity index (χ0v) is 38.0. The summed E-state index contributed by atoms with van der Waals surface area (Å²) in [6.07, 6.45) is 52.1. The maximum atomic E-state index is 12.8. The molecule has 0 aromatic rings. The molecule has 9 nitrogen and oxygen atoms in total. The number of esters is 1. The van der Waals surface area contributed by atoms with Crippen molar-refractivity contribution in [1.29, 1.82) is 0 Å². The van der Waals surface area contributed by atoms with E-state index in [1.54, 1.807) is 0 Å². The molecular formula is C50H90N2O7. The number of unbranched alkanes of at least 4 members (excludes halogenated alkanes) is 26. The molecule has 342 valence electrons. The number of carbonyl (C=O) groups excluding carboxylic acids is 3. The van der Waals surface area contributed by atoms with Gasteiger partial charge in [0.1, 0.15) is 12.1 Å². The fourth-order valence-electron chi connectivity index (χ4n) is 7.07. The van der Waals surface area contributed by atoms with E-state index in [0.29, 0.717) is 12.8 Å². The third-order valence-corrected chi connectivity index (χ3v) is 10.8. The summed E-state index contributed by atoms with van der Waals surface area (Å²) in [6.45, 7) is 3.44. The quantitative estimate of drug-likeness (QED) is 0.0272. The minimum atomic E-state index is -1.39. The lowest BCUT2D eigenvalue weighted by molar-refractivity contribution is -0.147. The maximum absolute atomic E-state index is 12.8. The SMILES string of the molecule is CCCCCC/C=C\C/C=C\C(CCCCCCC(=O)NCC(=O)NC(CO)C(=O)O)OC(=O)CCCCCCCCCCCCC/C=C\CCCCCCCCCC. The molecule has 2 atom stereocenters. The Labute approximate surface area is 361 Å². The van der Waals surface area contributed by atoms with Crippen LogP contribution in [-0.4, -0.2) is 59.3 Å². The summed E-state index contributed by atoms with van der Waals surface area (Å²) in [5.74, 6) is -2.41. The van der Waals surface area contributed by atoms with Crippen LogP contribution in [0.3, 0.4) is 0 Å². The third kappa shape index (κ3) is 41.6. The Bertz CT molecular complexity index is 1090. The van der Waals surface area contributed by atoms with Crippen LogP contribution < -0.4 is 10.6 Å². The van der Waals surface area contributed by atoms with Gasteiger partial charge in [0.05, 0.1) is 13.2 Å². The largest absolute Gasteiger partial charge is 0.480 e. The average Bonchev–Trinajstić information content (AvgIpc) is 3.22. The summed E-state index contributed by atoms with van der Waals surface area (Å²) < 4.78 is 5.91. The molecule has 0 aliphatic rings. The lowest BCUT2D eigenvalue weighted by atomic mass is 10.0. The number of carboxylic acids is 1. The number of ether oxygens (including phenoxy) is 1. The molecule has 0 aliphatic heterocycles. The smallest absolute Gasteiger partial charge is 0.328 e. The Morgan fingerprint density at radius 2 is 0.966 bits per heavy atom. The van der Waals surface area contributed by atoms with Crippen molar-refractivity contribution in [1.82, 2.24) is 10.6 Å². The molecule has 0 rings (SSSR count).